The third kappa shape index (κ3) is 5.51. The first-order valence-electron chi connectivity index (χ1n) is 6.96. The van der Waals surface area contributed by atoms with Crippen LogP contribution in [-0.4, -0.2) is 40.4 Å². The van der Waals surface area contributed by atoms with E-state index in [1.165, 1.54) is 31.1 Å². The summed E-state index contributed by atoms with van der Waals surface area (Å²) >= 11 is 1.43. The number of ether oxygens (including phenoxy) is 1. The normalized spacial score (nSPS) is 15.2. The van der Waals surface area contributed by atoms with Gasteiger partial charge in [0.05, 0.1) is 7.11 Å². The largest absolute Gasteiger partial charge is 0.468 e. The molecule has 1 aromatic heterocycles. The van der Waals surface area contributed by atoms with Gasteiger partial charge in [-0.15, -0.1) is 0 Å². The van der Waals surface area contributed by atoms with Gasteiger partial charge in [-0.3, -0.25) is 9.59 Å². The van der Waals surface area contributed by atoms with Gasteiger partial charge in [0, 0.05) is 17.5 Å². The first-order chi connectivity index (χ1) is 9.91. The Labute approximate surface area is 129 Å². The SMILES string of the molecule is CCCNC(C)(CC(C)Sc1nccc(=O)[nH]1)C(=O)OC. The van der Waals surface area contributed by atoms with Crippen molar-refractivity contribution >= 4 is 17.7 Å². The molecule has 1 heterocycles. The van der Waals surface area contributed by atoms with Gasteiger partial charge in [-0.1, -0.05) is 25.6 Å². The van der Waals surface area contributed by atoms with Crippen molar-refractivity contribution in [2.75, 3.05) is 13.7 Å². The molecule has 0 bridgehead atoms. The number of methoxy groups -OCH3 is 1. The first-order valence-corrected chi connectivity index (χ1v) is 7.84. The van der Waals surface area contributed by atoms with Crippen LogP contribution in [0.3, 0.4) is 0 Å². The highest BCUT2D eigenvalue weighted by atomic mass is 32.2. The first kappa shape index (κ1) is 17.7. The minimum Gasteiger partial charge on any atom is -0.468 e. The molecule has 0 radical (unpaired) electrons. The lowest BCUT2D eigenvalue weighted by Gasteiger charge is -2.30. The second-order valence-electron chi connectivity index (χ2n) is 5.12. The molecule has 0 aliphatic carbocycles. The molecule has 0 saturated carbocycles. The van der Waals surface area contributed by atoms with Crippen LogP contribution in [0.25, 0.3) is 0 Å². The number of hydrogen-bond donors (Lipinski definition) is 2. The van der Waals surface area contributed by atoms with Crippen LogP contribution in [0.15, 0.2) is 22.2 Å². The summed E-state index contributed by atoms with van der Waals surface area (Å²) in [5.41, 5.74) is -0.925. The van der Waals surface area contributed by atoms with Crippen LogP contribution in [0, 0.1) is 0 Å². The fraction of sp³-hybridized carbons (Fsp3) is 0.643. The second kappa shape index (κ2) is 8.19. The number of hydrogen-bond acceptors (Lipinski definition) is 6. The molecular weight excluding hydrogens is 290 g/mol. The Bertz CT molecular complexity index is 520. The summed E-state index contributed by atoms with van der Waals surface area (Å²) in [7, 11) is 1.39. The highest BCUT2D eigenvalue weighted by Gasteiger charge is 2.35. The van der Waals surface area contributed by atoms with E-state index in [9.17, 15) is 9.59 Å². The van der Waals surface area contributed by atoms with Crippen molar-refractivity contribution in [3.8, 4) is 0 Å². The molecule has 118 valence electrons. The number of carbonyl (C=O) groups is 1. The number of aromatic nitrogens is 2. The fourth-order valence-corrected chi connectivity index (χ4v) is 3.15. The molecule has 1 rings (SSSR count). The summed E-state index contributed by atoms with van der Waals surface area (Å²) in [6.45, 7) is 6.62. The molecule has 2 unspecified atom stereocenters. The molecule has 1 aromatic rings. The minimum absolute atomic E-state index is 0.0870. The van der Waals surface area contributed by atoms with Crippen molar-refractivity contribution in [2.24, 2.45) is 0 Å². The second-order valence-corrected chi connectivity index (χ2v) is 6.55. The van der Waals surface area contributed by atoms with E-state index >= 15 is 0 Å². The van der Waals surface area contributed by atoms with Crippen LogP contribution < -0.4 is 10.9 Å². The molecule has 6 nitrogen and oxygen atoms in total. The van der Waals surface area contributed by atoms with E-state index in [2.05, 4.69) is 15.3 Å². The summed E-state index contributed by atoms with van der Waals surface area (Å²) in [4.78, 5) is 30.0. The van der Waals surface area contributed by atoms with Gasteiger partial charge in [-0.05, 0) is 26.3 Å². The third-order valence-corrected chi connectivity index (χ3v) is 4.06. The van der Waals surface area contributed by atoms with Crippen molar-refractivity contribution in [3.63, 3.8) is 0 Å². The maximum absolute atomic E-state index is 12.0. The molecule has 0 saturated heterocycles. The number of thioether (sulfide) groups is 1. The van der Waals surface area contributed by atoms with E-state index in [0.717, 1.165) is 13.0 Å². The highest BCUT2D eigenvalue weighted by Crippen LogP contribution is 2.26. The van der Waals surface area contributed by atoms with Crippen LogP contribution in [0.1, 0.15) is 33.6 Å². The van der Waals surface area contributed by atoms with Gasteiger partial charge >= 0.3 is 5.97 Å². The summed E-state index contributed by atoms with van der Waals surface area (Å²) in [5, 5.41) is 3.88. The van der Waals surface area contributed by atoms with Crippen molar-refractivity contribution < 1.29 is 9.53 Å². The Kier molecular flexibility index (Phi) is 6.91. The Balaban J connectivity index is 2.73. The number of carbonyl (C=O) groups excluding carboxylic acids is 1. The van der Waals surface area contributed by atoms with E-state index in [-0.39, 0.29) is 16.8 Å². The van der Waals surface area contributed by atoms with E-state index in [0.29, 0.717) is 11.6 Å². The number of nitrogens with one attached hydrogen (secondary N) is 2. The van der Waals surface area contributed by atoms with Gasteiger partial charge in [-0.25, -0.2) is 4.98 Å². The molecule has 0 fully saturated rings. The third-order valence-electron chi connectivity index (χ3n) is 3.06. The van der Waals surface area contributed by atoms with Gasteiger partial charge in [0.15, 0.2) is 5.16 Å². The molecule has 0 spiro atoms. The number of aromatic amines is 1. The molecular formula is C14H23N3O3S. The van der Waals surface area contributed by atoms with Crippen LogP contribution in [-0.2, 0) is 9.53 Å². The fourth-order valence-electron chi connectivity index (χ4n) is 2.07. The quantitative estimate of drug-likeness (QED) is 0.430. The Morgan fingerprint density at radius 1 is 1.62 bits per heavy atom. The van der Waals surface area contributed by atoms with E-state index < -0.39 is 5.54 Å². The zero-order valence-electron chi connectivity index (χ0n) is 12.9. The molecule has 21 heavy (non-hydrogen) atoms. The predicted octanol–water partition coefficient (Wildman–Crippen LogP) is 1.57. The topological polar surface area (TPSA) is 84.1 Å². The monoisotopic (exact) mass is 313 g/mol. The standard InChI is InChI=1S/C14H23N3O3S/c1-5-7-16-14(3,12(19)20-4)9-10(2)21-13-15-8-6-11(18)17-13/h6,8,10,16H,5,7,9H2,1-4H3,(H,15,17,18). The number of esters is 1. The lowest BCUT2D eigenvalue weighted by molar-refractivity contribution is -0.148. The number of H-pyrrole nitrogens is 1. The predicted molar refractivity (Wildman–Crippen MR) is 83.5 cm³/mol. The molecule has 0 aliphatic heterocycles. The molecule has 0 aromatic carbocycles. The number of nitrogens with zero attached hydrogens (tertiary/aromatic N) is 1. The zero-order valence-corrected chi connectivity index (χ0v) is 13.8. The average Bonchev–Trinajstić information content (AvgIpc) is 2.44. The number of rotatable bonds is 8. The Morgan fingerprint density at radius 2 is 2.33 bits per heavy atom. The van der Waals surface area contributed by atoms with E-state index in [1.807, 2.05) is 20.8 Å². The molecule has 0 aliphatic rings. The maximum Gasteiger partial charge on any atom is 0.325 e. The van der Waals surface area contributed by atoms with Gasteiger partial charge in [-0.2, -0.15) is 0 Å². The summed E-state index contributed by atoms with van der Waals surface area (Å²) in [5.74, 6) is -0.280. The smallest absolute Gasteiger partial charge is 0.325 e. The van der Waals surface area contributed by atoms with E-state index in [1.54, 1.807) is 0 Å². The molecule has 2 atom stereocenters. The molecule has 0 amide bonds. The van der Waals surface area contributed by atoms with E-state index in [4.69, 9.17) is 4.74 Å². The van der Waals surface area contributed by atoms with Crippen molar-refractivity contribution in [2.45, 2.75) is 49.6 Å². The van der Waals surface area contributed by atoms with Crippen LogP contribution >= 0.6 is 11.8 Å². The summed E-state index contributed by atoms with van der Waals surface area (Å²) < 4.78 is 4.90. The van der Waals surface area contributed by atoms with Gasteiger partial charge < -0.3 is 15.0 Å². The van der Waals surface area contributed by atoms with Gasteiger partial charge in [0.25, 0.3) is 5.56 Å². The van der Waals surface area contributed by atoms with Crippen molar-refractivity contribution in [3.05, 3.63) is 22.6 Å². The van der Waals surface area contributed by atoms with Crippen molar-refractivity contribution in [1.29, 1.82) is 0 Å². The molecule has 7 heteroatoms. The van der Waals surface area contributed by atoms with Gasteiger partial charge in [0.1, 0.15) is 5.54 Å². The molecule has 2 N–H and O–H groups in total. The lowest BCUT2D eigenvalue weighted by Crippen LogP contribution is -2.51. The summed E-state index contributed by atoms with van der Waals surface area (Å²) in [6.07, 6.45) is 2.98. The zero-order chi connectivity index (χ0) is 15.9. The van der Waals surface area contributed by atoms with Crippen LogP contribution in [0.2, 0.25) is 0 Å². The lowest BCUT2D eigenvalue weighted by atomic mass is 9.96. The van der Waals surface area contributed by atoms with Crippen LogP contribution in [0.4, 0.5) is 0 Å². The minimum atomic E-state index is -0.744. The Morgan fingerprint density at radius 3 is 2.90 bits per heavy atom. The van der Waals surface area contributed by atoms with Crippen molar-refractivity contribution in [1.82, 2.24) is 15.3 Å². The highest BCUT2D eigenvalue weighted by molar-refractivity contribution is 7.99. The van der Waals surface area contributed by atoms with Gasteiger partial charge in [0.2, 0.25) is 0 Å². The van der Waals surface area contributed by atoms with Crippen LogP contribution in [0.5, 0.6) is 0 Å². The Hall–Kier alpha value is -1.34. The summed E-state index contributed by atoms with van der Waals surface area (Å²) in [6, 6.07) is 1.37. The average molecular weight is 313 g/mol. The maximum atomic E-state index is 12.0.